The number of ether oxygens (including phenoxy) is 2. The molecule has 0 radical (unpaired) electrons. The number of benzene rings is 1. The van der Waals surface area contributed by atoms with Crippen LogP contribution in [0.25, 0.3) is 0 Å². The van der Waals surface area contributed by atoms with E-state index < -0.39 is 0 Å². The van der Waals surface area contributed by atoms with E-state index in [2.05, 4.69) is 0 Å². The van der Waals surface area contributed by atoms with Crippen LogP contribution in [-0.2, 0) is 4.74 Å². The van der Waals surface area contributed by atoms with Crippen molar-refractivity contribution in [2.75, 3.05) is 13.7 Å². The predicted molar refractivity (Wildman–Crippen MR) is 70.3 cm³/mol. The highest BCUT2D eigenvalue weighted by atomic mass is 16.5. The second kappa shape index (κ2) is 5.11. The zero-order chi connectivity index (χ0) is 13.3. The molecule has 2 rings (SSSR count). The molecule has 18 heavy (non-hydrogen) atoms. The maximum absolute atomic E-state index is 12.5. The Hall–Kier alpha value is -1.35. The molecular weight excluding hydrogens is 228 g/mol. The van der Waals surface area contributed by atoms with Gasteiger partial charge in [-0.1, -0.05) is 6.07 Å². The molecule has 0 amide bonds. The molecule has 1 fully saturated rings. The quantitative estimate of drug-likeness (QED) is 0.771. The fourth-order valence-corrected chi connectivity index (χ4v) is 2.52. The van der Waals surface area contributed by atoms with Gasteiger partial charge in [-0.2, -0.15) is 0 Å². The van der Waals surface area contributed by atoms with Gasteiger partial charge in [0.25, 0.3) is 0 Å². The molecule has 0 aromatic heterocycles. The largest absolute Gasteiger partial charge is 0.496 e. The lowest BCUT2D eigenvalue weighted by molar-refractivity contribution is 0.0761. The van der Waals surface area contributed by atoms with E-state index in [1.165, 1.54) is 0 Å². The number of hydrogen-bond donors (Lipinski definition) is 0. The molecular formula is C15H20O3. The standard InChI is InChI=1S/C15H20O3/c1-9-5-6-13(15(17-4)10(9)2)14(16)12-7-8-18-11(12)3/h5-6,11-12H,7-8H2,1-4H3. The third-order valence-electron chi connectivity index (χ3n) is 3.86. The van der Waals surface area contributed by atoms with Crippen molar-refractivity contribution in [3.8, 4) is 5.75 Å². The van der Waals surface area contributed by atoms with Crippen molar-refractivity contribution >= 4 is 5.78 Å². The Labute approximate surface area is 108 Å². The highest BCUT2D eigenvalue weighted by molar-refractivity contribution is 6.01. The third kappa shape index (κ3) is 2.15. The van der Waals surface area contributed by atoms with Gasteiger partial charge in [-0.15, -0.1) is 0 Å². The highest BCUT2D eigenvalue weighted by Gasteiger charge is 2.33. The number of hydrogen-bond acceptors (Lipinski definition) is 3. The summed E-state index contributed by atoms with van der Waals surface area (Å²) in [5.74, 6) is 0.806. The van der Waals surface area contributed by atoms with Crippen LogP contribution < -0.4 is 4.74 Å². The Bertz CT molecular complexity index is 465. The van der Waals surface area contributed by atoms with Gasteiger partial charge in [0.2, 0.25) is 0 Å². The number of carbonyl (C=O) groups excluding carboxylic acids is 1. The van der Waals surface area contributed by atoms with E-state index in [1.807, 2.05) is 32.9 Å². The maximum Gasteiger partial charge on any atom is 0.172 e. The van der Waals surface area contributed by atoms with Gasteiger partial charge < -0.3 is 9.47 Å². The minimum Gasteiger partial charge on any atom is -0.496 e. The lowest BCUT2D eigenvalue weighted by atomic mass is 9.90. The van der Waals surface area contributed by atoms with Crippen LogP contribution in [0.2, 0.25) is 0 Å². The monoisotopic (exact) mass is 248 g/mol. The first-order valence-corrected chi connectivity index (χ1v) is 6.36. The van der Waals surface area contributed by atoms with Crippen LogP contribution in [0.5, 0.6) is 5.75 Å². The molecule has 1 aromatic carbocycles. The molecule has 0 bridgehead atoms. The first-order chi connectivity index (χ1) is 8.56. The van der Waals surface area contributed by atoms with Crippen molar-refractivity contribution in [3.63, 3.8) is 0 Å². The molecule has 2 unspecified atom stereocenters. The number of rotatable bonds is 3. The summed E-state index contributed by atoms with van der Waals surface area (Å²) in [7, 11) is 1.62. The van der Waals surface area contributed by atoms with Crippen LogP contribution in [-0.4, -0.2) is 25.6 Å². The number of ketones is 1. The summed E-state index contributed by atoms with van der Waals surface area (Å²) < 4.78 is 10.9. The predicted octanol–water partition coefficient (Wildman–Crippen LogP) is 2.92. The van der Waals surface area contributed by atoms with E-state index >= 15 is 0 Å². The molecule has 98 valence electrons. The molecule has 1 aliphatic heterocycles. The molecule has 1 aliphatic rings. The number of aryl methyl sites for hydroxylation is 1. The lowest BCUT2D eigenvalue weighted by Crippen LogP contribution is -2.22. The van der Waals surface area contributed by atoms with Gasteiger partial charge in [-0.05, 0) is 44.4 Å². The van der Waals surface area contributed by atoms with E-state index in [9.17, 15) is 4.79 Å². The number of carbonyl (C=O) groups is 1. The zero-order valence-electron chi connectivity index (χ0n) is 11.4. The van der Waals surface area contributed by atoms with Crippen molar-refractivity contribution < 1.29 is 14.3 Å². The second-order valence-electron chi connectivity index (χ2n) is 4.92. The number of Topliss-reactive ketones (excluding diaryl/α,β-unsaturated/α-hetero) is 1. The average Bonchev–Trinajstić information content (AvgIpc) is 2.78. The molecule has 1 heterocycles. The molecule has 0 spiro atoms. The van der Waals surface area contributed by atoms with Crippen LogP contribution >= 0.6 is 0 Å². The van der Waals surface area contributed by atoms with Crippen molar-refractivity contribution in [1.82, 2.24) is 0 Å². The second-order valence-corrected chi connectivity index (χ2v) is 4.92. The molecule has 3 nitrogen and oxygen atoms in total. The first kappa shape index (κ1) is 13.1. The fourth-order valence-electron chi connectivity index (χ4n) is 2.52. The van der Waals surface area contributed by atoms with Gasteiger partial charge in [-0.25, -0.2) is 0 Å². The summed E-state index contributed by atoms with van der Waals surface area (Å²) in [5.41, 5.74) is 2.86. The average molecular weight is 248 g/mol. The minimum atomic E-state index is -0.0407. The minimum absolute atomic E-state index is 0.00353. The van der Waals surface area contributed by atoms with Gasteiger partial charge in [-0.3, -0.25) is 4.79 Å². The van der Waals surface area contributed by atoms with Crippen molar-refractivity contribution in [2.24, 2.45) is 5.92 Å². The van der Waals surface area contributed by atoms with Gasteiger partial charge in [0.1, 0.15) is 5.75 Å². The number of methoxy groups -OCH3 is 1. The van der Waals surface area contributed by atoms with Gasteiger partial charge >= 0.3 is 0 Å². The van der Waals surface area contributed by atoms with Crippen molar-refractivity contribution in [1.29, 1.82) is 0 Å². The summed E-state index contributed by atoms with van der Waals surface area (Å²) in [6.45, 7) is 6.64. The summed E-state index contributed by atoms with van der Waals surface area (Å²) in [6.07, 6.45) is 0.805. The Morgan fingerprint density at radius 1 is 1.39 bits per heavy atom. The van der Waals surface area contributed by atoms with Crippen LogP contribution in [0.4, 0.5) is 0 Å². The molecule has 0 aliphatic carbocycles. The van der Waals surface area contributed by atoms with E-state index in [4.69, 9.17) is 9.47 Å². The summed E-state index contributed by atoms with van der Waals surface area (Å²) in [6, 6.07) is 3.85. The van der Waals surface area contributed by atoms with Gasteiger partial charge in [0.15, 0.2) is 5.78 Å². The fraction of sp³-hybridized carbons (Fsp3) is 0.533. The lowest BCUT2D eigenvalue weighted by Gasteiger charge is -2.17. The molecule has 1 aromatic rings. The van der Waals surface area contributed by atoms with E-state index in [0.29, 0.717) is 17.9 Å². The van der Waals surface area contributed by atoms with Crippen LogP contribution in [0.1, 0.15) is 34.8 Å². The summed E-state index contributed by atoms with van der Waals surface area (Å²) in [5, 5.41) is 0. The van der Waals surface area contributed by atoms with E-state index in [0.717, 1.165) is 17.5 Å². The zero-order valence-corrected chi connectivity index (χ0v) is 11.4. The van der Waals surface area contributed by atoms with E-state index in [-0.39, 0.29) is 17.8 Å². The van der Waals surface area contributed by atoms with Crippen LogP contribution in [0, 0.1) is 19.8 Å². The third-order valence-corrected chi connectivity index (χ3v) is 3.86. The van der Waals surface area contributed by atoms with Crippen LogP contribution in [0.15, 0.2) is 12.1 Å². The highest BCUT2D eigenvalue weighted by Crippen LogP contribution is 2.32. The molecule has 1 saturated heterocycles. The maximum atomic E-state index is 12.5. The molecule has 3 heteroatoms. The Balaban J connectivity index is 2.39. The van der Waals surface area contributed by atoms with Crippen LogP contribution in [0.3, 0.4) is 0 Å². The molecule has 0 saturated carbocycles. The Morgan fingerprint density at radius 3 is 2.67 bits per heavy atom. The summed E-state index contributed by atoms with van der Waals surface area (Å²) >= 11 is 0. The topological polar surface area (TPSA) is 35.5 Å². The summed E-state index contributed by atoms with van der Waals surface area (Å²) in [4.78, 5) is 12.5. The van der Waals surface area contributed by atoms with Crippen molar-refractivity contribution in [3.05, 3.63) is 28.8 Å². The SMILES string of the molecule is COc1c(C(=O)C2CCOC2C)ccc(C)c1C. The van der Waals surface area contributed by atoms with Gasteiger partial charge in [0.05, 0.1) is 24.7 Å². The molecule has 2 atom stereocenters. The van der Waals surface area contributed by atoms with E-state index in [1.54, 1.807) is 7.11 Å². The van der Waals surface area contributed by atoms with Crippen molar-refractivity contribution in [2.45, 2.75) is 33.3 Å². The Morgan fingerprint density at radius 2 is 2.11 bits per heavy atom. The Kier molecular flexibility index (Phi) is 3.71. The normalized spacial score (nSPS) is 23.1. The van der Waals surface area contributed by atoms with Gasteiger partial charge in [0, 0.05) is 6.61 Å². The smallest absolute Gasteiger partial charge is 0.172 e. The molecule has 0 N–H and O–H groups in total. The first-order valence-electron chi connectivity index (χ1n) is 6.36.